The summed E-state index contributed by atoms with van der Waals surface area (Å²) in [6.45, 7) is 7.35. The van der Waals surface area contributed by atoms with Gasteiger partial charge in [-0.25, -0.2) is 9.79 Å². The second kappa shape index (κ2) is 7.58. The van der Waals surface area contributed by atoms with Crippen LogP contribution in [0.1, 0.15) is 39.2 Å². The number of hydrogen-bond acceptors (Lipinski definition) is 4. The van der Waals surface area contributed by atoms with Gasteiger partial charge in [0.05, 0.1) is 0 Å². The lowest BCUT2D eigenvalue weighted by molar-refractivity contribution is -0.134. The van der Waals surface area contributed by atoms with Crippen molar-refractivity contribution in [2.24, 2.45) is 4.99 Å². The van der Waals surface area contributed by atoms with E-state index in [1.807, 2.05) is 51.1 Å². The van der Waals surface area contributed by atoms with Crippen LogP contribution in [0.15, 0.2) is 35.3 Å². The van der Waals surface area contributed by atoms with Crippen molar-refractivity contribution in [1.29, 1.82) is 0 Å². The van der Waals surface area contributed by atoms with Gasteiger partial charge in [0.15, 0.2) is 5.60 Å². The van der Waals surface area contributed by atoms with Crippen LogP contribution in [0.5, 0.6) is 0 Å². The molecule has 2 saturated heterocycles. The minimum absolute atomic E-state index is 0.104. The molecule has 0 unspecified atom stereocenters. The Morgan fingerprint density at radius 1 is 1.26 bits per heavy atom. The zero-order valence-corrected chi connectivity index (χ0v) is 16.2. The highest BCUT2D eigenvalue weighted by Crippen LogP contribution is 2.30. The van der Waals surface area contributed by atoms with Gasteiger partial charge >= 0.3 is 6.03 Å². The van der Waals surface area contributed by atoms with Crippen molar-refractivity contribution in [2.45, 2.75) is 51.2 Å². The SMILES string of the molecule is CC(C)(C)NC(=O)N1CCC2(CC1)OC(=NCCc1ccccc1)NC2=O. The molecule has 1 aromatic rings. The summed E-state index contributed by atoms with van der Waals surface area (Å²) in [4.78, 5) is 30.9. The number of amidine groups is 1. The molecule has 2 N–H and O–H groups in total. The van der Waals surface area contributed by atoms with Gasteiger partial charge in [0.25, 0.3) is 11.9 Å². The number of aliphatic imine (C=N–C) groups is 1. The van der Waals surface area contributed by atoms with Gasteiger partial charge in [-0.05, 0) is 32.8 Å². The number of carbonyl (C=O) groups is 2. The van der Waals surface area contributed by atoms with Crippen LogP contribution in [0.3, 0.4) is 0 Å². The number of benzene rings is 1. The van der Waals surface area contributed by atoms with Crippen molar-refractivity contribution in [2.75, 3.05) is 19.6 Å². The third-order valence-corrected chi connectivity index (χ3v) is 4.77. The molecular formula is C20H28N4O3. The van der Waals surface area contributed by atoms with Crippen LogP contribution < -0.4 is 10.6 Å². The average Bonchev–Trinajstić information content (AvgIpc) is 2.90. The van der Waals surface area contributed by atoms with Gasteiger partial charge < -0.3 is 15.0 Å². The van der Waals surface area contributed by atoms with E-state index >= 15 is 0 Å². The molecule has 2 heterocycles. The maximum absolute atomic E-state index is 12.5. The van der Waals surface area contributed by atoms with Crippen molar-refractivity contribution in [3.8, 4) is 0 Å². The number of rotatable bonds is 3. The third-order valence-electron chi connectivity index (χ3n) is 4.77. The van der Waals surface area contributed by atoms with E-state index in [4.69, 9.17) is 4.74 Å². The number of nitrogens with zero attached hydrogens (tertiary/aromatic N) is 2. The molecule has 0 bridgehead atoms. The fourth-order valence-electron chi connectivity index (χ4n) is 3.27. The first-order valence-electron chi connectivity index (χ1n) is 9.43. The zero-order chi connectivity index (χ0) is 19.5. The molecular weight excluding hydrogens is 344 g/mol. The average molecular weight is 372 g/mol. The Balaban J connectivity index is 1.53. The molecule has 0 saturated carbocycles. The predicted molar refractivity (Wildman–Crippen MR) is 103 cm³/mol. The maximum Gasteiger partial charge on any atom is 0.317 e. The fourth-order valence-corrected chi connectivity index (χ4v) is 3.27. The summed E-state index contributed by atoms with van der Waals surface area (Å²) in [5.41, 5.74) is 0.00917. The second-order valence-electron chi connectivity index (χ2n) is 8.14. The summed E-state index contributed by atoms with van der Waals surface area (Å²) in [5.74, 6) is -0.156. The molecule has 146 valence electrons. The Hall–Kier alpha value is -2.57. The van der Waals surface area contributed by atoms with E-state index in [1.165, 1.54) is 5.56 Å². The van der Waals surface area contributed by atoms with Crippen LogP contribution in [0.4, 0.5) is 4.79 Å². The molecule has 3 amide bonds. The highest BCUT2D eigenvalue weighted by molar-refractivity contribution is 6.04. The van der Waals surface area contributed by atoms with E-state index in [1.54, 1.807) is 4.90 Å². The first kappa shape index (κ1) is 19.2. The van der Waals surface area contributed by atoms with Crippen LogP contribution in [0.25, 0.3) is 0 Å². The van der Waals surface area contributed by atoms with E-state index in [-0.39, 0.29) is 17.5 Å². The Bertz CT molecular complexity index is 716. The largest absolute Gasteiger partial charge is 0.448 e. The summed E-state index contributed by atoms with van der Waals surface area (Å²) in [6, 6.07) is 10.3. The highest BCUT2D eigenvalue weighted by Gasteiger charge is 2.50. The predicted octanol–water partition coefficient (Wildman–Crippen LogP) is 2.07. The standard InChI is InChI=1S/C20H28N4O3/c1-19(2,3)23-18(26)24-13-10-20(11-14-24)16(25)22-17(27-20)21-12-9-15-7-5-4-6-8-15/h4-8H,9-14H2,1-3H3,(H,23,26)(H,21,22,25). The van der Waals surface area contributed by atoms with Gasteiger partial charge in [0, 0.05) is 38.0 Å². The van der Waals surface area contributed by atoms with Crippen molar-refractivity contribution in [3.05, 3.63) is 35.9 Å². The molecule has 7 nitrogen and oxygen atoms in total. The summed E-state index contributed by atoms with van der Waals surface area (Å²) in [7, 11) is 0. The van der Waals surface area contributed by atoms with E-state index in [2.05, 4.69) is 15.6 Å². The minimum Gasteiger partial charge on any atom is -0.448 e. The molecule has 1 spiro atoms. The number of ether oxygens (including phenoxy) is 1. The van der Waals surface area contributed by atoms with Gasteiger partial charge in [-0.1, -0.05) is 30.3 Å². The zero-order valence-electron chi connectivity index (χ0n) is 16.2. The molecule has 2 aliphatic rings. The summed E-state index contributed by atoms with van der Waals surface area (Å²) >= 11 is 0. The number of nitrogens with one attached hydrogen (secondary N) is 2. The number of amides is 3. The van der Waals surface area contributed by atoms with Gasteiger partial charge in [0.2, 0.25) is 0 Å². The molecule has 27 heavy (non-hydrogen) atoms. The Morgan fingerprint density at radius 3 is 2.56 bits per heavy atom. The maximum atomic E-state index is 12.5. The smallest absolute Gasteiger partial charge is 0.317 e. The van der Waals surface area contributed by atoms with E-state index in [0.29, 0.717) is 38.5 Å². The Labute approximate surface area is 160 Å². The number of hydrogen-bond donors (Lipinski definition) is 2. The summed E-state index contributed by atoms with van der Waals surface area (Å²) in [6.07, 6.45) is 1.72. The van der Waals surface area contributed by atoms with Crippen molar-refractivity contribution in [3.63, 3.8) is 0 Å². The van der Waals surface area contributed by atoms with E-state index < -0.39 is 5.60 Å². The Kier molecular flexibility index (Phi) is 5.39. The molecule has 3 rings (SSSR count). The first-order valence-corrected chi connectivity index (χ1v) is 9.43. The summed E-state index contributed by atoms with van der Waals surface area (Å²) < 4.78 is 5.90. The molecule has 2 aliphatic heterocycles. The van der Waals surface area contributed by atoms with Gasteiger partial charge in [-0.3, -0.25) is 10.1 Å². The number of carbonyl (C=O) groups excluding carboxylic acids is 2. The lowest BCUT2D eigenvalue weighted by Crippen LogP contribution is -2.55. The van der Waals surface area contributed by atoms with Crippen LogP contribution in [-0.4, -0.2) is 53.6 Å². The van der Waals surface area contributed by atoms with Gasteiger partial charge in [0.1, 0.15) is 0 Å². The Morgan fingerprint density at radius 2 is 1.93 bits per heavy atom. The molecule has 0 aromatic heterocycles. The molecule has 0 radical (unpaired) electrons. The normalized spacial score (nSPS) is 20.5. The first-order chi connectivity index (χ1) is 12.8. The molecule has 2 fully saturated rings. The van der Waals surface area contributed by atoms with Crippen LogP contribution in [-0.2, 0) is 16.0 Å². The summed E-state index contributed by atoms with van der Waals surface area (Å²) in [5, 5.41) is 5.71. The monoisotopic (exact) mass is 372 g/mol. The van der Waals surface area contributed by atoms with Crippen LogP contribution in [0.2, 0.25) is 0 Å². The van der Waals surface area contributed by atoms with Gasteiger partial charge in [-0.15, -0.1) is 0 Å². The van der Waals surface area contributed by atoms with Crippen molar-refractivity contribution in [1.82, 2.24) is 15.5 Å². The lowest BCUT2D eigenvalue weighted by Gasteiger charge is -2.37. The fraction of sp³-hybridized carbons (Fsp3) is 0.550. The number of piperidine rings is 1. The van der Waals surface area contributed by atoms with Crippen LogP contribution in [0, 0.1) is 0 Å². The van der Waals surface area contributed by atoms with Crippen molar-refractivity contribution >= 4 is 18.0 Å². The molecule has 0 atom stereocenters. The number of urea groups is 1. The molecule has 1 aromatic carbocycles. The van der Waals surface area contributed by atoms with E-state index in [0.717, 1.165) is 6.42 Å². The van der Waals surface area contributed by atoms with Crippen molar-refractivity contribution < 1.29 is 14.3 Å². The van der Waals surface area contributed by atoms with Gasteiger partial charge in [-0.2, -0.15) is 0 Å². The van der Waals surface area contributed by atoms with Crippen LogP contribution >= 0.6 is 0 Å². The third kappa shape index (κ3) is 4.78. The second-order valence-corrected chi connectivity index (χ2v) is 8.14. The topological polar surface area (TPSA) is 83.0 Å². The molecule has 0 aliphatic carbocycles. The quantitative estimate of drug-likeness (QED) is 0.852. The lowest BCUT2D eigenvalue weighted by atomic mass is 9.91. The number of likely N-dealkylation sites (tertiary alicyclic amines) is 1. The molecule has 7 heteroatoms. The van der Waals surface area contributed by atoms with E-state index in [9.17, 15) is 9.59 Å². The minimum atomic E-state index is -0.899. The highest BCUT2D eigenvalue weighted by atomic mass is 16.5.